The van der Waals surface area contributed by atoms with Crippen LogP contribution in [0.2, 0.25) is 0 Å². The van der Waals surface area contributed by atoms with Crippen molar-refractivity contribution >= 4 is 10.1 Å². The van der Waals surface area contributed by atoms with Crippen LogP contribution in [0.5, 0.6) is 0 Å². The topological polar surface area (TPSA) is 80.3 Å². The van der Waals surface area contributed by atoms with Gasteiger partial charge in [0.25, 0.3) is 0 Å². The van der Waals surface area contributed by atoms with E-state index in [4.69, 9.17) is 14.2 Å². The average Bonchev–Trinajstić information content (AvgIpc) is 2.30. The van der Waals surface area contributed by atoms with Crippen molar-refractivity contribution in [1.29, 1.82) is 0 Å². The molecular weight excluding hydrogens is 316 g/mol. The molecule has 0 bridgehead atoms. The molecule has 0 aromatic carbocycles. The molecule has 20 heavy (non-hydrogen) atoms. The summed E-state index contributed by atoms with van der Waals surface area (Å²) in [5, 5.41) is 0. The van der Waals surface area contributed by atoms with Crippen molar-refractivity contribution in [2.75, 3.05) is 46.8 Å². The Balaban J connectivity index is 0. The van der Waals surface area contributed by atoms with E-state index in [9.17, 15) is 21.6 Å². The molecule has 0 amide bonds. The predicted molar refractivity (Wildman–Crippen MR) is 58.0 cm³/mol. The summed E-state index contributed by atoms with van der Waals surface area (Å²) in [6.45, 7) is 0.675. The van der Waals surface area contributed by atoms with Crippen LogP contribution in [-0.2, 0) is 33.6 Å². The van der Waals surface area contributed by atoms with Gasteiger partial charge in [-0.1, -0.05) is 4.33 Å². The minimum Gasteiger partial charge on any atom is -0.382 e. The van der Waals surface area contributed by atoms with Gasteiger partial charge in [-0.25, -0.2) is 4.89 Å². The van der Waals surface area contributed by atoms with E-state index in [1.54, 1.807) is 0 Å². The lowest BCUT2D eigenvalue weighted by molar-refractivity contribution is -0.222. The normalized spacial score (nSPS) is 12.2. The Morgan fingerprint density at radius 1 is 0.900 bits per heavy atom. The molecule has 0 unspecified atom stereocenters. The van der Waals surface area contributed by atoms with E-state index in [0.29, 0.717) is 13.2 Å². The molecule has 0 aliphatic heterocycles. The highest BCUT2D eigenvalue weighted by atomic mass is 32.2. The van der Waals surface area contributed by atoms with Crippen molar-refractivity contribution < 1.29 is 49.7 Å². The summed E-state index contributed by atoms with van der Waals surface area (Å²) in [4.78, 5) is 3.88. The zero-order valence-electron chi connectivity index (χ0n) is 10.6. The minimum absolute atomic E-state index is 0. The Kier molecular flexibility index (Phi) is 12.1. The molecule has 7 nitrogen and oxygen atoms in total. The number of rotatable bonds is 11. The van der Waals surface area contributed by atoms with Crippen LogP contribution in [0.3, 0.4) is 0 Å². The van der Waals surface area contributed by atoms with Gasteiger partial charge in [0.1, 0.15) is 6.61 Å². The number of halogens is 4. The van der Waals surface area contributed by atoms with E-state index in [2.05, 4.69) is 9.22 Å². The van der Waals surface area contributed by atoms with E-state index >= 15 is 0 Å². The third-order valence-corrected chi connectivity index (χ3v) is 2.38. The predicted octanol–water partition coefficient (Wildman–Crippen LogP) is 0.616. The molecule has 0 heterocycles. The molecule has 0 radical (unpaired) electrons. The van der Waals surface area contributed by atoms with Crippen LogP contribution in [0.15, 0.2) is 0 Å². The number of hydrogen-bond acceptors (Lipinski definition) is 7. The number of hydrogen-bond donors (Lipinski definition) is 0. The molecule has 0 aromatic rings. The Morgan fingerprint density at radius 2 is 1.35 bits per heavy atom. The summed E-state index contributed by atoms with van der Waals surface area (Å²) in [6.07, 6.45) is 0. The molecule has 0 saturated heterocycles. The fourth-order valence-corrected chi connectivity index (χ4v) is 0.965. The zero-order chi connectivity index (χ0) is 14.8. The second-order valence-electron chi connectivity index (χ2n) is 3.01. The van der Waals surface area contributed by atoms with E-state index in [1.807, 2.05) is 0 Å². The van der Waals surface area contributed by atoms with E-state index in [1.165, 1.54) is 7.11 Å². The molecular formula is C8H16F4O7S. The van der Waals surface area contributed by atoms with Gasteiger partial charge in [-0.2, -0.15) is 21.6 Å². The van der Waals surface area contributed by atoms with Gasteiger partial charge in [-0.05, 0) is 0 Å². The fraction of sp³-hybridized carbons (Fsp3) is 1.00. The largest absolute Gasteiger partial charge is 0.525 e. The molecule has 0 aromatic heterocycles. The fourth-order valence-electron chi connectivity index (χ4n) is 0.693. The molecule has 0 atom stereocenters. The average molecular weight is 332 g/mol. The summed E-state index contributed by atoms with van der Waals surface area (Å²) in [5.74, 6) is 0. The van der Waals surface area contributed by atoms with E-state index < -0.39 is 22.2 Å². The van der Waals surface area contributed by atoms with Gasteiger partial charge >= 0.3 is 15.6 Å². The van der Waals surface area contributed by atoms with Gasteiger partial charge in [0.05, 0.1) is 33.0 Å². The van der Waals surface area contributed by atoms with Gasteiger partial charge < -0.3 is 14.2 Å². The molecule has 0 N–H and O–H groups in total. The Hall–Kier alpha value is -0.530. The molecule has 0 spiro atoms. The summed E-state index contributed by atoms with van der Waals surface area (Å²) >= 11 is 0. The van der Waals surface area contributed by atoms with Gasteiger partial charge in [-0.15, -0.1) is 0 Å². The van der Waals surface area contributed by atoms with E-state index in [0.717, 1.165) is 0 Å². The van der Waals surface area contributed by atoms with Crippen molar-refractivity contribution in [2.24, 2.45) is 0 Å². The summed E-state index contributed by atoms with van der Waals surface area (Å²) in [6, 6.07) is 0. The molecule has 12 heteroatoms. The summed E-state index contributed by atoms with van der Waals surface area (Å²) in [7, 11) is -4.20. The lowest BCUT2D eigenvalue weighted by Crippen LogP contribution is -2.26. The molecule has 0 aliphatic carbocycles. The monoisotopic (exact) mass is 332 g/mol. The highest BCUT2D eigenvalue weighted by molar-refractivity contribution is 7.87. The third kappa shape index (κ3) is 10.3. The Labute approximate surface area is 113 Å². The molecule has 0 saturated carbocycles. The van der Waals surface area contributed by atoms with Crippen LogP contribution in [0.25, 0.3) is 0 Å². The molecule has 0 rings (SSSR count). The summed E-state index contributed by atoms with van der Waals surface area (Å²) in [5.41, 5.74) is -5.51. The van der Waals surface area contributed by atoms with E-state index in [-0.39, 0.29) is 24.5 Å². The van der Waals surface area contributed by atoms with Crippen molar-refractivity contribution in [2.45, 2.75) is 5.51 Å². The first-order valence-corrected chi connectivity index (χ1v) is 6.49. The lowest BCUT2D eigenvalue weighted by atomic mass is 10.7. The van der Waals surface area contributed by atoms with Gasteiger partial charge in [0, 0.05) is 7.11 Å². The standard InChI is InChI=1S/C8H15F3O7S.FH/c1-14-2-3-15-4-5-16-6-7-17-18-19(12,13)8(9,10)11;/h2-7H2,1H3;1H. The first-order chi connectivity index (χ1) is 8.81. The quantitative estimate of drug-likeness (QED) is 0.180. The van der Waals surface area contributed by atoms with Crippen LogP contribution in [0.1, 0.15) is 0 Å². The second-order valence-corrected chi connectivity index (χ2v) is 4.51. The Bertz CT molecular complexity index is 319. The van der Waals surface area contributed by atoms with Crippen LogP contribution in [0, 0.1) is 0 Å². The molecule has 0 fully saturated rings. The number of alkyl halides is 3. The maximum absolute atomic E-state index is 11.8. The maximum atomic E-state index is 11.8. The first kappa shape index (κ1) is 21.8. The van der Waals surface area contributed by atoms with Crippen molar-refractivity contribution in [3.63, 3.8) is 0 Å². The molecule has 124 valence electrons. The maximum Gasteiger partial charge on any atom is 0.525 e. The van der Waals surface area contributed by atoms with Crippen molar-refractivity contribution in [1.82, 2.24) is 0 Å². The van der Waals surface area contributed by atoms with Crippen LogP contribution in [-0.4, -0.2) is 60.7 Å². The SMILES string of the molecule is COCCOCCOCCOOS(=O)(=O)C(F)(F)F.F. The van der Waals surface area contributed by atoms with Crippen molar-refractivity contribution in [3.8, 4) is 0 Å². The van der Waals surface area contributed by atoms with Crippen LogP contribution >= 0.6 is 0 Å². The smallest absolute Gasteiger partial charge is 0.382 e. The lowest BCUT2D eigenvalue weighted by Gasteiger charge is -2.08. The Morgan fingerprint density at radius 3 is 1.80 bits per heavy atom. The minimum atomic E-state index is -5.72. The summed E-state index contributed by atoms with van der Waals surface area (Å²) < 4.78 is 73.8. The van der Waals surface area contributed by atoms with Crippen LogP contribution < -0.4 is 0 Å². The van der Waals surface area contributed by atoms with Gasteiger partial charge in [0.2, 0.25) is 0 Å². The highest BCUT2D eigenvalue weighted by Gasteiger charge is 2.48. The molecule has 0 aliphatic rings. The first-order valence-electron chi connectivity index (χ1n) is 5.08. The number of methoxy groups -OCH3 is 1. The third-order valence-electron chi connectivity index (χ3n) is 1.54. The zero-order valence-corrected chi connectivity index (χ0v) is 11.4. The van der Waals surface area contributed by atoms with Crippen LogP contribution in [0.4, 0.5) is 17.9 Å². The number of ether oxygens (including phenoxy) is 3. The van der Waals surface area contributed by atoms with Crippen molar-refractivity contribution in [3.05, 3.63) is 0 Å². The van der Waals surface area contributed by atoms with Gasteiger partial charge in [0.15, 0.2) is 0 Å². The highest BCUT2D eigenvalue weighted by Crippen LogP contribution is 2.24. The van der Waals surface area contributed by atoms with Gasteiger partial charge in [-0.3, -0.25) is 4.70 Å². The second kappa shape index (κ2) is 11.2.